The third-order valence-corrected chi connectivity index (χ3v) is 1.15. The molecule has 0 amide bonds. The van der Waals surface area contributed by atoms with E-state index in [2.05, 4.69) is 15.0 Å². The van der Waals surface area contributed by atoms with Crippen molar-refractivity contribution >= 4 is 17.8 Å². The molecule has 12 heteroatoms. The highest BCUT2D eigenvalue weighted by atomic mass is 16.8. The number of nitrogen functional groups attached to an aromatic ring is 2. The Morgan fingerprint density at radius 2 is 1.40 bits per heavy atom. The molecule has 0 aliphatic heterocycles. The van der Waals surface area contributed by atoms with Gasteiger partial charge in [-0.15, -0.1) is 0 Å². The molecule has 12 nitrogen and oxygen atoms in total. The summed E-state index contributed by atoms with van der Waals surface area (Å²) in [5.74, 6) is -1.77. The van der Waals surface area contributed by atoms with Gasteiger partial charge in [-0.3, -0.25) is 0 Å². The predicted molar refractivity (Wildman–Crippen MR) is 45.1 cm³/mol. The van der Waals surface area contributed by atoms with E-state index >= 15 is 0 Å². The highest BCUT2D eigenvalue weighted by Gasteiger charge is 2.34. The average Bonchev–Trinajstić information content (AvgIpc) is 1.99. The summed E-state index contributed by atoms with van der Waals surface area (Å²) in [7, 11) is 0. The van der Waals surface area contributed by atoms with E-state index in [9.17, 15) is 20.2 Å². The van der Waals surface area contributed by atoms with E-state index < -0.39 is 33.0 Å². The monoisotopic (exact) mass is 216 g/mol. The van der Waals surface area contributed by atoms with Gasteiger partial charge in [-0.2, -0.15) is 15.0 Å². The van der Waals surface area contributed by atoms with Gasteiger partial charge in [-0.05, 0) is 0 Å². The topological polar surface area (TPSA) is 180 Å². The predicted octanol–water partition coefficient (Wildman–Crippen LogP) is -1.77. The van der Waals surface area contributed by atoms with Crippen LogP contribution in [0.4, 0.5) is 17.8 Å². The van der Waals surface area contributed by atoms with E-state index in [-0.39, 0.29) is 0 Å². The summed E-state index contributed by atoms with van der Waals surface area (Å²) in [4.78, 5) is 30.2. The number of anilines is 3. The van der Waals surface area contributed by atoms with Crippen molar-refractivity contribution in [2.45, 2.75) is 0 Å². The molecule has 0 saturated carbocycles. The fourth-order valence-electron chi connectivity index (χ4n) is 0.692. The van der Waals surface area contributed by atoms with Crippen molar-refractivity contribution in [1.82, 2.24) is 15.0 Å². The number of nitrogens with zero attached hydrogens (tertiary/aromatic N) is 6. The largest absolute Gasteiger partial charge is 0.372 e. The first-order chi connectivity index (χ1) is 6.91. The maximum atomic E-state index is 10.3. The molecular weight excluding hydrogens is 212 g/mol. The molecule has 1 aromatic heterocycles. The zero-order valence-corrected chi connectivity index (χ0v) is 6.97. The number of nitrogens with two attached hydrogens (primary N) is 2. The maximum Gasteiger partial charge on any atom is 0.372 e. The van der Waals surface area contributed by atoms with Crippen LogP contribution in [-0.2, 0) is 0 Å². The molecule has 0 atom stereocenters. The Balaban J connectivity index is 3.22. The number of hydrazine groups is 2. The molecule has 0 unspecified atom stereocenters. The van der Waals surface area contributed by atoms with Crippen molar-refractivity contribution in [2.24, 2.45) is 0 Å². The van der Waals surface area contributed by atoms with Crippen LogP contribution in [0.15, 0.2) is 0 Å². The average molecular weight is 216 g/mol. The summed E-state index contributed by atoms with van der Waals surface area (Å²) in [6, 6.07) is 0. The molecule has 4 N–H and O–H groups in total. The third-order valence-electron chi connectivity index (χ3n) is 1.15. The Hall–Kier alpha value is -2.79. The van der Waals surface area contributed by atoms with Gasteiger partial charge in [0.15, 0.2) is 0 Å². The molecule has 0 aromatic carbocycles. The van der Waals surface area contributed by atoms with E-state index in [1.165, 1.54) is 0 Å². The second-order valence-corrected chi connectivity index (χ2v) is 2.12. The van der Waals surface area contributed by atoms with Gasteiger partial charge in [0, 0.05) is 0 Å². The van der Waals surface area contributed by atoms with Gasteiger partial charge in [-0.1, -0.05) is 0 Å². The summed E-state index contributed by atoms with van der Waals surface area (Å²) in [6.45, 7) is 0. The molecule has 0 bridgehead atoms. The van der Waals surface area contributed by atoms with Crippen LogP contribution in [0.5, 0.6) is 0 Å². The standard InChI is InChI=1S/C3H4N8O4/c4-1-6-2(5)8-3(7-1)9(10(12)13)11(14)15/h(H4,4,5,6,7,8). The number of nitro groups is 2. The Labute approximate surface area is 80.8 Å². The molecule has 1 aromatic rings. The lowest BCUT2D eigenvalue weighted by molar-refractivity contribution is -0.713. The van der Waals surface area contributed by atoms with E-state index in [1.54, 1.807) is 0 Å². The summed E-state index contributed by atoms with van der Waals surface area (Å²) >= 11 is 0. The van der Waals surface area contributed by atoms with Crippen molar-refractivity contribution in [3.05, 3.63) is 20.2 Å². The fraction of sp³-hybridized carbons (Fsp3) is 0. The lowest BCUT2D eigenvalue weighted by Crippen LogP contribution is -2.37. The zero-order valence-electron chi connectivity index (χ0n) is 6.97. The van der Waals surface area contributed by atoms with E-state index in [0.717, 1.165) is 0 Å². The minimum atomic E-state index is -1.33. The SMILES string of the molecule is Nc1nc(N)nc(N([N+](=O)[O-])[N+](=O)[O-])n1. The first-order valence-electron chi connectivity index (χ1n) is 3.27. The van der Waals surface area contributed by atoms with Gasteiger partial charge >= 0.3 is 5.95 Å². The maximum absolute atomic E-state index is 10.3. The molecule has 0 fully saturated rings. The fourth-order valence-corrected chi connectivity index (χ4v) is 0.692. The second-order valence-electron chi connectivity index (χ2n) is 2.12. The van der Waals surface area contributed by atoms with Crippen molar-refractivity contribution in [3.63, 3.8) is 0 Å². The Kier molecular flexibility index (Phi) is 2.42. The zero-order chi connectivity index (χ0) is 11.6. The molecule has 1 rings (SSSR count). The number of hydrogen-bond donors (Lipinski definition) is 2. The van der Waals surface area contributed by atoms with Gasteiger partial charge < -0.3 is 11.5 Å². The molecule has 0 spiro atoms. The first kappa shape index (κ1) is 10.3. The molecule has 0 radical (unpaired) electrons. The minimum absolute atomic E-state index is 0.453. The second kappa shape index (κ2) is 3.52. The van der Waals surface area contributed by atoms with E-state index in [0.29, 0.717) is 0 Å². The molecule has 0 aliphatic rings. The van der Waals surface area contributed by atoms with Gasteiger partial charge in [0.2, 0.25) is 27.1 Å². The van der Waals surface area contributed by atoms with Crippen LogP contribution in [0.1, 0.15) is 0 Å². The lowest BCUT2D eigenvalue weighted by Gasteiger charge is -2.01. The number of aromatic nitrogens is 3. The Morgan fingerprint density at radius 3 is 1.73 bits per heavy atom. The molecule has 80 valence electrons. The summed E-state index contributed by atoms with van der Waals surface area (Å²) < 4.78 is 0. The highest BCUT2D eigenvalue weighted by molar-refractivity contribution is 5.35. The van der Waals surface area contributed by atoms with Crippen molar-refractivity contribution in [1.29, 1.82) is 0 Å². The van der Waals surface area contributed by atoms with Crippen LogP contribution in [0, 0.1) is 20.2 Å². The summed E-state index contributed by atoms with van der Waals surface area (Å²) in [6.07, 6.45) is 0. The number of rotatable bonds is 3. The van der Waals surface area contributed by atoms with Crippen molar-refractivity contribution < 1.29 is 10.1 Å². The molecule has 1 heterocycles. The minimum Gasteiger partial charge on any atom is -0.368 e. The van der Waals surface area contributed by atoms with Gasteiger partial charge in [0.05, 0.1) is 0 Å². The molecular formula is C3H4N8O4. The van der Waals surface area contributed by atoms with Crippen LogP contribution in [0.2, 0.25) is 0 Å². The van der Waals surface area contributed by atoms with Crippen LogP contribution in [-0.4, -0.2) is 25.0 Å². The van der Waals surface area contributed by atoms with E-state index in [4.69, 9.17) is 11.5 Å². The van der Waals surface area contributed by atoms with Crippen molar-refractivity contribution in [2.75, 3.05) is 16.6 Å². The van der Waals surface area contributed by atoms with Crippen LogP contribution < -0.4 is 16.6 Å². The first-order valence-corrected chi connectivity index (χ1v) is 3.27. The number of hydrogen-bond acceptors (Lipinski definition) is 9. The lowest BCUT2D eigenvalue weighted by atomic mass is 10.8. The van der Waals surface area contributed by atoms with Crippen LogP contribution in [0.3, 0.4) is 0 Å². The van der Waals surface area contributed by atoms with Gasteiger partial charge in [0.25, 0.3) is 0 Å². The van der Waals surface area contributed by atoms with Crippen LogP contribution in [0.25, 0.3) is 0 Å². The summed E-state index contributed by atoms with van der Waals surface area (Å²) in [5.41, 5.74) is 10.2. The molecule has 0 saturated heterocycles. The normalized spacial score (nSPS) is 9.60. The summed E-state index contributed by atoms with van der Waals surface area (Å²) in [5, 5.41) is 17.4. The Bertz CT molecular complexity index is 384. The smallest absolute Gasteiger partial charge is 0.368 e. The molecule has 15 heavy (non-hydrogen) atoms. The third kappa shape index (κ3) is 2.11. The van der Waals surface area contributed by atoms with E-state index in [1.807, 2.05) is 0 Å². The Morgan fingerprint density at radius 1 is 1.00 bits per heavy atom. The quantitative estimate of drug-likeness (QED) is 0.433. The van der Waals surface area contributed by atoms with Gasteiger partial charge in [-0.25, -0.2) is 20.2 Å². The highest BCUT2D eigenvalue weighted by Crippen LogP contribution is 2.09. The van der Waals surface area contributed by atoms with Gasteiger partial charge in [0.1, 0.15) is 0 Å². The molecule has 0 aliphatic carbocycles. The van der Waals surface area contributed by atoms with Crippen molar-refractivity contribution in [3.8, 4) is 0 Å². The van der Waals surface area contributed by atoms with Crippen LogP contribution >= 0.6 is 0 Å².